The number of amides is 1. The van der Waals surface area contributed by atoms with E-state index in [0.29, 0.717) is 6.42 Å². The first-order chi connectivity index (χ1) is 8.97. The summed E-state index contributed by atoms with van der Waals surface area (Å²) in [7, 11) is 0. The average Bonchev–Trinajstić information content (AvgIpc) is 2.36. The molecule has 4 N–H and O–H groups in total. The van der Waals surface area contributed by atoms with Gasteiger partial charge < -0.3 is 16.2 Å². The number of benzene rings is 1. The van der Waals surface area contributed by atoms with Crippen molar-refractivity contribution in [2.45, 2.75) is 25.9 Å². The van der Waals surface area contributed by atoms with Gasteiger partial charge in [0.2, 0.25) is 0 Å². The first-order valence-corrected chi connectivity index (χ1v) is 5.96. The SMILES string of the molecule is CCCC(O)CNC(=O)c1cccc([N+](=O)[O-])c1N. The number of carbonyl (C=O) groups excluding carboxylic acids is 1. The van der Waals surface area contributed by atoms with Crippen LogP contribution in [0.5, 0.6) is 0 Å². The summed E-state index contributed by atoms with van der Waals surface area (Å²) in [4.78, 5) is 21.9. The maximum absolute atomic E-state index is 11.8. The third kappa shape index (κ3) is 3.92. The smallest absolute Gasteiger partial charge is 0.292 e. The van der Waals surface area contributed by atoms with E-state index in [1.54, 1.807) is 0 Å². The van der Waals surface area contributed by atoms with Crippen LogP contribution in [0, 0.1) is 10.1 Å². The van der Waals surface area contributed by atoms with Crippen LogP contribution in [0.15, 0.2) is 18.2 Å². The largest absolute Gasteiger partial charge is 0.393 e. The molecule has 0 heterocycles. The highest BCUT2D eigenvalue weighted by Gasteiger charge is 2.19. The summed E-state index contributed by atoms with van der Waals surface area (Å²) in [5.41, 5.74) is 5.15. The molecule has 0 spiro atoms. The second kappa shape index (κ2) is 6.69. The molecule has 7 heteroatoms. The number of aliphatic hydroxyl groups excluding tert-OH is 1. The van der Waals surface area contributed by atoms with Gasteiger partial charge in [-0.25, -0.2) is 0 Å². The van der Waals surface area contributed by atoms with Crippen LogP contribution in [0.4, 0.5) is 11.4 Å². The molecule has 104 valence electrons. The zero-order valence-electron chi connectivity index (χ0n) is 10.6. The molecular formula is C12H17N3O4. The molecule has 7 nitrogen and oxygen atoms in total. The molecule has 1 unspecified atom stereocenters. The number of carbonyl (C=O) groups is 1. The Labute approximate surface area is 110 Å². The summed E-state index contributed by atoms with van der Waals surface area (Å²) in [5, 5.41) is 22.7. The van der Waals surface area contributed by atoms with Gasteiger partial charge in [-0.3, -0.25) is 14.9 Å². The summed E-state index contributed by atoms with van der Waals surface area (Å²) < 4.78 is 0. The van der Waals surface area contributed by atoms with Crippen molar-refractivity contribution in [1.29, 1.82) is 0 Å². The summed E-state index contributed by atoms with van der Waals surface area (Å²) in [6.07, 6.45) is 0.745. The minimum atomic E-state index is -0.641. The van der Waals surface area contributed by atoms with Gasteiger partial charge in [0.1, 0.15) is 5.69 Å². The fourth-order valence-electron chi connectivity index (χ4n) is 1.65. The van der Waals surface area contributed by atoms with Crippen LogP contribution in [-0.2, 0) is 0 Å². The van der Waals surface area contributed by atoms with Crippen LogP contribution in [-0.4, -0.2) is 28.6 Å². The Kier molecular flexibility index (Phi) is 5.25. The minimum absolute atomic E-state index is 0.0397. The lowest BCUT2D eigenvalue weighted by Gasteiger charge is -2.11. The monoisotopic (exact) mass is 267 g/mol. The van der Waals surface area contributed by atoms with Crippen molar-refractivity contribution in [3.8, 4) is 0 Å². The molecule has 0 aliphatic carbocycles. The lowest BCUT2D eigenvalue weighted by molar-refractivity contribution is -0.383. The van der Waals surface area contributed by atoms with Crippen LogP contribution in [0.2, 0.25) is 0 Å². The highest BCUT2D eigenvalue weighted by molar-refractivity contribution is 6.00. The quantitative estimate of drug-likeness (QED) is 0.404. The van der Waals surface area contributed by atoms with Gasteiger partial charge >= 0.3 is 0 Å². The Morgan fingerprint density at radius 1 is 1.58 bits per heavy atom. The first kappa shape index (κ1) is 14.9. The number of nitrogens with one attached hydrogen (secondary N) is 1. The number of anilines is 1. The third-order valence-electron chi connectivity index (χ3n) is 2.64. The van der Waals surface area contributed by atoms with Gasteiger partial charge in [-0.1, -0.05) is 19.4 Å². The van der Waals surface area contributed by atoms with Gasteiger partial charge in [0.15, 0.2) is 0 Å². The summed E-state index contributed by atoms with van der Waals surface area (Å²) in [5.74, 6) is -0.531. The summed E-state index contributed by atoms with van der Waals surface area (Å²) >= 11 is 0. The normalized spacial score (nSPS) is 11.9. The van der Waals surface area contributed by atoms with Crippen molar-refractivity contribution in [2.75, 3.05) is 12.3 Å². The molecule has 19 heavy (non-hydrogen) atoms. The Morgan fingerprint density at radius 2 is 2.26 bits per heavy atom. The molecule has 0 aromatic heterocycles. The Hall–Kier alpha value is -2.15. The maximum Gasteiger partial charge on any atom is 0.292 e. The molecule has 1 atom stereocenters. The predicted molar refractivity (Wildman–Crippen MR) is 70.8 cm³/mol. The number of nitrogens with zero attached hydrogens (tertiary/aromatic N) is 1. The third-order valence-corrected chi connectivity index (χ3v) is 2.64. The van der Waals surface area contributed by atoms with Crippen molar-refractivity contribution in [1.82, 2.24) is 5.32 Å². The summed E-state index contributed by atoms with van der Waals surface area (Å²) in [6, 6.07) is 4.04. The van der Waals surface area contributed by atoms with Gasteiger partial charge in [-0.05, 0) is 12.5 Å². The second-order valence-corrected chi connectivity index (χ2v) is 4.15. The van der Waals surface area contributed by atoms with E-state index in [9.17, 15) is 20.0 Å². The highest BCUT2D eigenvalue weighted by Crippen LogP contribution is 2.24. The Morgan fingerprint density at radius 3 is 2.84 bits per heavy atom. The van der Waals surface area contributed by atoms with E-state index in [2.05, 4.69) is 5.32 Å². The zero-order valence-corrected chi connectivity index (χ0v) is 10.6. The van der Waals surface area contributed by atoms with Crippen LogP contribution < -0.4 is 11.1 Å². The number of nitro benzene ring substituents is 1. The number of hydrogen-bond acceptors (Lipinski definition) is 5. The molecule has 1 rings (SSSR count). The minimum Gasteiger partial charge on any atom is -0.393 e. The average molecular weight is 267 g/mol. The molecule has 0 aliphatic rings. The van der Waals surface area contributed by atoms with Gasteiger partial charge in [-0.2, -0.15) is 0 Å². The van der Waals surface area contributed by atoms with E-state index < -0.39 is 16.9 Å². The molecular weight excluding hydrogens is 250 g/mol. The van der Waals surface area contributed by atoms with Crippen molar-refractivity contribution < 1.29 is 14.8 Å². The van der Waals surface area contributed by atoms with E-state index in [4.69, 9.17) is 5.73 Å². The number of nitrogens with two attached hydrogens (primary N) is 1. The van der Waals surface area contributed by atoms with E-state index in [-0.39, 0.29) is 23.5 Å². The Bertz CT molecular complexity index is 476. The van der Waals surface area contributed by atoms with E-state index in [0.717, 1.165) is 6.42 Å². The van der Waals surface area contributed by atoms with Crippen molar-refractivity contribution in [3.63, 3.8) is 0 Å². The first-order valence-electron chi connectivity index (χ1n) is 5.96. The van der Waals surface area contributed by atoms with Crippen molar-refractivity contribution in [3.05, 3.63) is 33.9 Å². The molecule has 0 bridgehead atoms. The van der Waals surface area contributed by atoms with Gasteiger partial charge in [0.25, 0.3) is 11.6 Å². The maximum atomic E-state index is 11.8. The molecule has 0 fully saturated rings. The van der Waals surface area contributed by atoms with Gasteiger partial charge in [0.05, 0.1) is 16.6 Å². The van der Waals surface area contributed by atoms with Crippen LogP contribution in [0.1, 0.15) is 30.1 Å². The fraction of sp³-hybridized carbons (Fsp3) is 0.417. The number of nitrogen functional groups attached to an aromatic ring is 1. The van der Waals surface area contributed by atoms with E-state index >= 15 is 0 Å². The fourth-order valence-corrected chi connectivity index (χ4v) is 1.65. The lowest BCUT2D eigenvalue weighted by atomic mass is 10.1. The van der Waals surface area contributed by atoms with Crippen LogP contribution in [0.3, 0.4) is 0 Å². The van der Waals surface area contributed by atoms with Crippen LogP contribution in [0.25, 0.3) is 0 Å². The van der Waals surface area contributed by atoms with Crippen molar-refractivity contribution in [2.24, 2.45) is 0 Å². The summed E-state index contributed by atoms with van der Waals surface area (Å²) in [6.45, 7) is 2.01. The molecule has 0 saturated heterocycles. The van der Waals surface area contributed by atoms with E-state index in [1.807, 2.05) is 6.92 Å². The predicted octanol–water partition coefficient (Wildman–Crippen LogP) is 1.07. The lowest BCUT2D eigenvalue weighted by Crippen LogP contribution is -2.32. The molecule has 0 aliphatic heterocycles. The number of rotatable bonds is 6. The molecule has 1 aromatic rings. The number of aliphatic hydroxyl groups is 1. The van der Waals surface area contributed by atoms with Gasteiger partial charge in [0, 0.05) is 12.6 Å². The molecule has 1 amide bonds. The molecule has 0 radical (unpaired) electrons. The number of hydrogen-bond donors (Lipinski definition) is 3. The van der Waals surface area contributed by atoms with Crippen LogP contribution >= 0.6 is 0 Å². The number of nitro groups is 1. The van der Waals surface area contributed by atoms with Gasteiger partial charge in [-0.15, -0.1) is 0 Å². The second-order valence-electron chi connectivity index (χ2n) is 4.15. The van der Waals surface area contributed by atoms with Crippen molar-refractivity contribution >= 4 is 17.3 Å². The van der Waals surface area contributed by atoms with E-state index in [1.165, 1.54) is 18.2 Å². The highest BCUT2D eigenvalue weighted by atomic mass is 16.6. The topological polar surface area (TPSA) is 118 Å². The molecule has 0 saturated carbocycles. The zero-order chi connectivity index (χ0) is 14.4. The molecule has 1 aromatic carbocycles. The number of para-hydroxylation sites is 1. The standard InChI is InChI=1S/C12H17N3O4/c1-2-4-8(16)7-14-12(17)9-5-3-6-10(11(9)13)15(18)19/h3,5-6,8,16H,2,4,7,13H2,1H3,(H,14,17). The Balaban J connectivity index is 2.78.